The van der Waals surface area contributed by atoms with Gasteiger partial charge in [-0.3, -0.25) is 9.59 Å². The molecule has 0 radical (unpaired) electrons. The summed E-state index contributed by atoms with van der Waals surface area (Å²) in [5.41, 5.74) is 4.42. The zero-order valence-corrected chi connectivity index (χ0v) is 20.9. The molecule has 1 unspecified atom stereocenters. The number of nitrogens with zero attached hydrogens (tertiary/aromatic N) is 1. The highest BCUT2D eigenvalue weighted by Crippen LogP contribution is 2.46. The lowest BCUT2D eigenvalue weighted by molar-refractivity contribution is -0.141. The number of halogens is 5. The molecular weight excluding hydrogens is 526 g/mol. The summed E-state index contributed by atoms with van der Waals surface area (Å²) in [6, 6.07) is 10.2. The Bertz CT molecular complexity index is 1330. The molecule has 0 spiro atoms. The molecule has 202 valence electrons. The number of rotatable bonds is 10. The fourth-order valence-electron chi connectivity index (χ4n) is 4.12. The lowest BCUT2D eigenvalue weighted by atomic mass is 10.0. The molecule has 1 aromatic heterocycles. The van der Waals surface area contributed by atoms with Gasteiger partial charge in [-0.2, -0.15) is 13.2 Å². The molecule has 2 aromatic carbocycles. The van der Waals surface area contributed by atoms with Crippen molar-refractivity contribution in [1.82, 2.24) is 10.3 Å². The van der Waals surface area contributed by atoms with Gasteiger partial charge < -0.3 is 21.7 Å². The van der Waals surface area contributed by atoms with Crippen LogP contribution in [0.5, 0.6) is 0 Å². The second kappa shape index (κ2) is 11.1. The van der Waals surface area contributed by atoms with E-state index < -0.39 is 41.0 Å². The second-order valence-corrected chi connectivity index (χ2v) is 9.67. The Morgan fingerprint density at radius 1 is 1.08 bits per heavy atom. The highest BCUT2D eigenvalue weighted by Gasteiger charge is 2.56. The number of anilines is 2. The van der Waals surface area contributed by atoms with Crippen LogP contribution in [0.3, 0.4) is 0 Å². The van der Waals surface area contributed by atoms with Crippen molar-refractivity contribution in [1.29, 1.82) is 0 Å². The Balaban J connectivity index is 1.34. The largest absolute Gasteiger partial charge is 0.433 e. The quantitative estimate of drug-likeness (QED) is 0.159. The molecule has 1 fully saturated rings. The third-order valence-corrected chi connectivity index (χ3v) is 6.68. The van der Waals surface area contributed by atoms with Gasteiger partial charge in [0.05, 0.1) is 5.52 Å². The van der Waals surface area contributed by atoms with Gasteiger partial charge in [-0.15, -0.1) is 0 Å². The van der Waals surface area contributed by atoms with Crippen molar-refractivity contribution in [3.63, 3.8) is 0 Å². The molecule has 0 bridgehead atoms. The summed E-state index contributed by atoms with van der Waals surface area (Å²) in [6.07, 6.45) is -2.92. The van der Waals surface area contributed by atoms with E-state index in [1.807, 2.05) is 0 Å². The maximum atomic E-state index is 13.4. The maximum Gasteiger partial charge on any atom is 0.433 e. The van der Waals surface area contributed by atoms with Gasteiger partial charge in [0.2, 0.25) is 11.8 Å². The van der Waals surface area contributed by atoms with Gasteiger partial charge >= 0.3 is 6.18 Å². The van der Waals surface area contributed by atoms with E-state index in [2.05, 4.69) is 20.9 Å². The second-order valence-electron chi connectivity index (χ2n) is 9.23. The Hall–Kier alpha value is -3.44. The van der Waals surface area contributed by atoms with Gasteiger partial charge in [0.25, 0.3) is 0 Å². The number of hydrogen-bond acceptors (Lipinski definition) is 5. The average molecular weight is 552 g/mol. The lowest BCUT2D eigenvalue weighted by Gasteiger charge is -2.21. The van der Waals surface area contributed by atoms with E-state index in [0.29, 0.717) is 41.8 Å². The fraction of sp³-hybridized carbons (Fsp3) is 0.346. The summed E-state index contributed by atoms with van der Waals surface area (Å²) >= 11 is 6.05. The summed E-state index contributed by atoms with van der Waals surface area (Å²) in [6.45, 7) is 0.378. The van der Waals surface area contributed by atoms with Crippen molar-refractivity contribution in [2.45, 2.75) is 37.9 Å². The molecule has 7 nitrogen and oxygen atoms in total. The average Bonchev–Trinajstić information content (AvgIpc) is 3.69. The molecule has 1 saturated carbocycles. The highest BCUT2D eigenvalue weighted by molar-refractivity contribution is 6.31. The van der Waals surface area contributed by atoms with Gasteiger partial charge in [0.1, 0.15) is 16.9 Å². The predicted octanol–water partition coefficient (Wildman–Crippen LogP) is 5.10. The van der Waals surface area contributed by atoms with E-state index in [0.717, 1.165) is 6.07 Å². The number of hydrogen-bond donors (Lipinski definition) is 4. The molecular formula is C26H26ClF4N5O2. The predicted molar refractivity (Wildman–Crippen MR) is 137 cm³/mol. The number of amides is 2. The van der Waals surface area contributed by atoms with Crippen molar-refractivity contribution in [3.8, 4) is 0 Å². The van der Waals surface area contributed by atoms with Crippen LogP contribution in [0, 0.1) is 11.2 Å². The number of carbonyl (C=O) groups is 2. The highest BCUT2D eigenvalue weighted by atomic mass is 35.5. The van der Waals surface area contributed by atoms with Crippen molar-refractivity contribution in [2.24, 2.45) is 11.1 Å². The van der Waals surface area contributed by atoms with Crippen LogP contribution in [0.1, 0.15) is 31.4 Å². The minimum atomic E-state index is -4.63. The van der Waals surface area contributed by atoms with E-state index in [-0.39, 0.29) is 24.3 Å². The molecule has 38 heavy (non-hydrogen) atoms. The van der Waals surface area contributed by atoms with Crippen LogP contribution in [0.15, 0.2) is 48.5 Å². The molecule has 0 saturated heterocycles. The van der Waals surface area contributed by atoms with E-state index >= 15 is 0 Å². The minimum Gasteiger partial charge on any atom is -0.380 e. The van der Waals surface area contributed by atoms with Gasteiger partial charge in [0.15, 0.2) is 0 Å². The first-order valence-electron chi connectivity index (χ1n) is 12.0. The van der Waals surface area contributed by atoms with Gasteiger partial charge in [-0.25, -0.2) is 9.37 Å². The van der Waals surface area contributed by atoms with E-state index in [1.54, 1.807) is 0 Å². The van der Waals surface area contributed by atoms with E-state index in [1.165, 1.54) is 42.5 Å². The Morgan fingerprint density at radius 3 is 2.42 bits per heavy atom. The Kier molecular flexibility index (Phi) is 8.08. The topological polar surface area (TPSA) is 109 Å². The summed E-state index contributed by atoms with van der Waals surface area (Å²) in [7, 11) is 0. The number of fused-ring (bicyclic) bond motifs is 1. The zero-order valence-electron chi connectivity index (χ0n) is 20.2. The molecule has 1 heterocycles. The number of aromatic nitrogens is 1. The summed E-state index contributed by atoms with van der Waals surface area (Å²) < 4.78 is 53.3. The SMILES string of the molecule is NCC(CCCNC(=O)C1(C(=O)Nc2ccc(F)cc2)CC1)Nc1cc(C(F)(F)F)nc2ccc(Cl)cc12. The summed E-state index contributed by atoms with van der Waals surface area (Å²) in [5.74, 6) is -1.29. The third-order valence-electron chi connectivity index (χ3n) is 6.44. The van der Waals surface area contributed by atoms with Gasteiger partial charge in [-0.05, 0) is 74.2 Å². The van der Waals surface area contributed by atoms with Crippen molar-refractivity contribution >= 4 is 45.7 Å². The molecule has 3 aromatic rings. The first-order valence-corrected chi connectivity index (χ1v) is 12.4. The number of carbonyl (C=O) groups excluding carboxylic acids is 2. The fourth-order valence-corrected chi connectivity index (χ4v) is 4.29. The monoisotopic (exact) mass is 551 g/mol. The molecule has 0 aliphatic heterocycles. The van der Waals surface area contributed by atoms with E-state index in [9.17, 15) is 27.2 Å². The van der Waals surface area contributed by atoms with Crippen LogP contribution >= 0.6 is 11.6 Å². The van der Waals surface area contributed by atoms with Crippen LogP contribution in [0.25, 0.3) is 10.9 Å². The number of benzene rings is 2. The van der Waals surface area contributed by atoms with Crippen LogP contribution in [0.4, 0.5) is 28.9 Å². The molecule has 1 atom stereocenters. The summed E-state index contributed by atoms with van der Waals surface area (Å²) in [5, 5.41) is 9.26. The molecule has 2 amide bonds. The van der Waals surface area contributed by atoms with Crippen molar-refractivity contribution in [3.05, 3.63) is 65.1 Å². The van der Waals surface area contributed by atoms with Gasteiger partial charge in [-0.1, -0.05) is 11.6 Å². The zero-order chi connectivity index (χ0) is 27.5. The first-order chi connectivity index (χ1) is 18.0. The molecule has 12 heteroatoms. The number of nitrogens with two attached hydrogens (primary N) is 1. The Morgan fingerprint density at radius 2 is 1.79 bits per heavy atom. The third kappa shape index (κ3) is 6.33. The van der Waals surface area contributed by atoms with E-state index in [4.69, 9.17) is 17.3 Å². The molecule has 4 rings (SSSR count). The Labute approximate surface area is 221 Å². The van der Waals surface area contributed by atoms with Crippen LogP contribution < -0.4 is 21.7 Å². The minimum absolute atomic E-state index is 0.129. The molecule has 5 N–H and O–H groups in total. The first kappa shape index (κ1) is 27.6. The lowest BCUT2D eigenvalue weighted by Crippen LogP contribution is -2.40. The number of alkyl halides is 3. The van der Waals surface area contributed by atoms with Crippen LogP contribution in [0.2, 0.25) is 5.02 Å². The van der Waals surface area contributed by atoms with Crippen LogP contribution in [-0.2, 0) is 15.8 Å². The standard InChI is InChI=1S/C26H26ClF4N5O2/c27-15-3-8-20-19(12-15)21(13-22(36-20)26(29,30)31)34-18(14-32)2-1-11-33-23(37)25(9-10-25)24(38)35-17-6-4-16(28)5-7-17/h3-8,12-13,18H,1-2,9-11,14,32H2,(H,33,37)(H,34,36)(H,35,38). The van der Waals surface area contributed by atoms with Gasteiger partial charge in [0, 0.05) is 40.9 Å². The maximum absolute atomic E-state index is 13.4. The van der Waals surface area contributed by atoms with Crippen molar-refractivity contribution < 1.29 is 27.2 Å². The van der Waals surface area contributed by atoms with Crippen LogP contribution in [-0.4, -0.2) is 35.9 Å². The number of pyridine rings is 1. The molecule has 1 aliphatic rings. The summed E-state index contributed by atoms with van der Waals surface area (Å²) in [4.78, 5) is 29.1. The number of nitrogens with one attached hydrogen (secondary N) is 3. The normalized spacial score (nSPS) is 15.1. The smallest absolute Gasteiger partial charge is 0.380 e. The molecule has 1 aliphatic carbocycles. The van der Waals surface area contributed by atoms with Crippen molar-refractivity contribution in [2.75, 3.05) is 23.7 Å².